The van der Waals surface area contributed by atoms with Crippen molar-refractivity contribution in [2.24, 2.45) is 0 Å². The number of nitrogens with zero attached hydrogens (tertiary/aromatic N) is 2. The van der Waals surface area contributed by atoms with E-state index < -0.39 is 11.9 Å². The quantitative estimate of drug-likeness (QED) is 0.862. The molecule has 1 aliphatic rings. The molecule has 1 heterocycles. The van der Waals surface area contributed by atoms with Crippen LogP contribution in [0.25, 0.3) is 0 Å². The Kier molecular flexibility index (Phi) is 4.70. The minimum absolute atomic E-state index is 0.146. The molecular weight excluding hydrogens is 323 g/mol. The number of amides is 2. The monoisotopic (exact) mass is 342 g/mol. The minimum atomic E-state index is -0.589. The second-order valence-electron chi connectivity index (χ2n) is 5.87. The summed E-state index contributed by atoms with van der Waals surface area (Å²) in [5.74, 6) is -0.0959. The van der Waals surface area contributed by atoms with Crippen LogP contribution in [-0.2, 0) is 4.79 Å². The van der Waals surface area contributed by atoms with Gasteiger partial charge in [0.2, 0.25) is 5.91 Å². The van der Waals surface area contributed by atoms with Gasteiger partial charge in [-0.15, -0.1) is 0 Å². The molecule has 0 bridgehead atoms. The van der Waals surface area contributed by atoms with E-state index in [2.05, 4.69) is 0 Å². The molecule has 6 heteroatoms. The Morgan fingerprint density at radius 1 is 1.08 bits per heavy atom. The molecule has 0 saturated carbocycles. The van der Waals surface area contributed by atoms with Gasteiger partial charge in [0.05, 0.1) is 7.11 Å². The molecular formula is C19H19FN2O3. The SMILES string of the molecule is COc1ccc(N2CCN(C(=O)c3ccc(F)cc3)[C@@H](C)C2=O)cc1. The molecule has 130 valence electrons. The van der Waals surface area contributed by atoms with Crippen LogP contribution in [0.4, 0.5) is 10.1 Å². The third-order valence-electron chi connectivity index (χ3n) is 4.39. The number of ether oxygens (including phenoxy) is 1. The third kappa shape index (κ3) is 3.33. The van der Waals surface area contributed by atoms with Crippen molar-refractivity contribution >= 4 is 17.5 Å². The second-order valence-corrected chi connectivity index (χ2v) is 5.87. The van der Waals surface area contributed by atoms with Gasteiger partial charge in [0.1, 0.15) is 17.6 Å². The summed E-state index contributed by atoms with van der Waals surface area (Å²) in [4.78, 5) is 28.5. The number of methoxy groups -OCH3 is 1. The van der Waals surface area contributed by atoms with E-state index in [1.165, 1.54) is 29.2 Å². The maximum absolute atomic E-state index is 13.0. The number of carbonyl (C=O) groups excluding carboxylic acids is 2. The maximum Gasteiger partial charge on any atom is 0.254 e. The van der Waals surface area contributed by atoms with Crippen molar-refractivity contribution in [2.45, 2.75) is 13.0 Å². The summed E-state index contributed by atoms with van der Waals surface area (Å²) in [6.07, 6.45) is 0. The fourth-order valence-electron chi connectivity index (χ4n) is 2.92. The van der Waals surface area contributed by atoms with Crippen LogP contribution >= 0.6 is 0 Å². The first-order valence-corrected chi connectivity index (χ1v) is 8.03. The van der Waals surface area contributed by atoms with Crippen molar-refractivity contribution in [3.63, 3.8) is 0 Å². The van der Waals surface area contributed by atoms with Crippen molar-refractivity contribution in [3.05, 3.63) is 59.9 Å². The Labute approximate surface area is 145 Å². The first-order valence-electron chi connectivity index (χ1n) is 8.03. The van der Waals surface area contributed by atoms with Crippen LogP contribution in [0.5, 0.6) is 5.75 Å². The summed E-state index contributed by atoms with van der Waals surface area (Å²) in [6.45, 7) is 2.52. The van der Waals surface area contributed by atoms with Crippen LogP contribution < -0.4 is 9.64 Å². The Hall–Kier alpha value is -2.89. The Bertz CT molecular complexity index is 774. The molecule has 1 aliphatic heterocycles. The van der Waals surface area contributed by atoms with Gasteiger partial charge in [0.15, 0.2) is 0 Å². The largest absolute Gasteiger partial charge is 0.497 e. The van der Waals surface area contributed by atoms with Crippen molar-refractivity contribution in [1.29, 1.82) is 0 Å². The lowest BCUT2D eigenvalue weighted by Crippen LogP contribution is -2.57. The van der Waals surface area contributed by atoms with Gasteiger partial charge in [-0.1, -0.05) is 0 Å². The number of halogens is 1. The molecule has 0 N–H and O–H groups in total. The van der Waals surface area contributed by atoms with Gasteiger partial charge in [-0.2, -0.15) is 0 Å². The summed E-state index contributed by atoms with van der Waals surface area (Å²) < 4.78 is 18.2. The van der Waals surface area contributed by atoms with Crippen LogP contribution in [0.2, 0.25) is 0 Å². The second kappa shape index (κ2) is 6.93. The molecule has 0 radical (unpaired) electrons. The Balaban J connectivity index is 1.76. The molecule has 0 unspecified atom stereocenters. The van der Waals surface area contributed by atoms with Crippen molar-refractivity contribution in [1.82, 2.24) is 4.90 Å². The van der Waals surface area contributed by atoms with E-state index in [1.54, 1.807) is 31.1 Å². The molecule has 0 spiro atoms. The smallest absolute Gasteiger partial charge is 0.254 e. The zero-order chi connectivity index (χ0) is 18.0. The molecule has 3 rings (SSSR count). The minimum Gasteiger partial charge on any atom is -0.497 e. The van der Waals surface area contributed by atoms with E-state index in [-0.39, 0.29) is 11.8 Å². The average molecular weight is 342 g/mol. The summed E-state index contributed by atoms with van der Waals surface area (Å²) >= 11 is 0. The lowest BCUT2D eigenvalue weighted by atomic mass is 10.1. The van der Waals surface area contributed by atoms with Gasteiger partial charge in [-0.3, -0.25) is 9.59 Å². The van der Waals surface area contributed by atoms with Gasteiger partial charge in [0.25, 0.3) is 5.91 Å². The van der Waals surface area contributed by atoms with E-state index >= 15 is 0 Å². The molecule has 2 aromatic carbocycles. The van der Waals surface area contributed by atoms with E-state index in [9.17, 15) is 14.0 Å². The topological polar surface area (TPSA) is 49.9 Å². The average Bonchev–Trinajstić information content (AvgIpc) is 2.64. The fourth-order valence-corrected chi connectivity index (χ4v) is 2.92. The van der Waals surface area contributed by atoms with Gasteiger partial charge in [0, 0.05) is 24.3 Å². The Morgan fingerprint density at radius 3 is 2.32 bits per heavy atom. The predicted octanol–water partition coefficient (Wildman–Crippen LogP) is 2.71. The maximum atomic E-state index is 13.0. The Morgan fingerprint density at radius 2 is 1.72 bits per heavy atom. The van der Waals surface area contributed by atoms with Crippen molar-refractivity contribution < 1.29 is 18.7 Å². The third-order valence-corrected chi connectivity index (χ3v) is 4.39. The van der Waals surface area contributed by atoms with E-state index in [4.69, 9.17) is 4.74 Å². The number of rotatable bonds is 3. The van der Waals surface area contributed by atoms with E-state index in [0.717, 1.165) is 11.4 Å². The van der Waals surface area contributed by atoms with Crippen LogP contribution in [-0.4, -0.2) is 43.0 Å². The van der Waals surface area contributed by atoms with Gasteiger partial charge in [-0.05, 0) is 55.5 Å². The number of carbonyl (C=O) groups is 2. The first-order chi connectivity index (χ1) is 12.0. The zero-order valence-electron chi connectivity index (χ0n) is 14.1. The molecule has 0 aromatic heterocycles. The fraction of sp³-hybridized carbons (Fsp3) is 0.263. The van der Waals surface area contributed by atoms with Crippen molar-refractivity contribution in [3.8, 4) is 5.75 Å². The molecule has 2 amide bonds. The highest BCUT2D eigenvalue weighted by atomic mass is 19.1. The standard InChI is InChI=1S/C19H19FN2O3/c1-13-18(23)22(16-7-9-17(25-2)10-8-16)12-11-21(13)19(24)14-3-5-15(20)6-4-14/h3-10,13H,11-12H2,1-2H3/t13-/m0/s1. The van der Waals surface area contributed by atoms with Crippen molar-refractivity contribution in [2.75, 3.05) is 25.1 Å². The van der Waals surface area contributed by atoms with Gasteiger partial charge in [-0.25, -0.2) is 4.39 Å². The molecule has 2 aromatic rings. The highest BCUT2D eigenvalue weighted by Crippen LogP contribution is 2.24. The predicted molar refractivity (Wildman–Crippen MR) is 92.2 cm³/mol. The number of anilines is 1. The van der Waals surface area contributed by atoms with Crippen LogP contribution in [0.15, 0.2) is 48.5 Å². The molecule has 1 fully saturated rings. The summed E-state index contributed by atoms with van der Waals surface area (Å²) in [5.41, 5.74) is 1.14. The highest BCUT2D eigenvalue weighted by molar-refractivity contribution is 6.03. The molecule has 25 heavy (non-hydrogen) atoms. The molecule has 1 saturated heterocycles. The zero-order valence-corrected chi connectivity index (χ0v) is 14.1. The van der Waals surface area contributed by atoms with Crippen LogP contribution in [0, 0.1) is 5.82 Å². The lowest BCUT2D eigenvalue weighted by Gasteiger charge is -2.39. The highest BCUT2D eigenvalue weighted by Gasteiger charge is 2.35. The van der Waals surface area contributed by atoms with Gasteiger partial charge < -0.3 is 14.5 Å². The van der Waals surface area contributed by atoms with Gasteiger partial charge >= 0.3 is 0 Å². The lowest BCUT2D eigenvalue weighted by molar-refractivity contribution is -0.124. The summed E-state index contributed by atoms with van der Waals surface area (Å²) in [6, 6.07) is 12.0. The normalized spacial score (nSPS) is 17.6. The number of hydrogen-bond acceptors (Lipinski definition) is 3. The molecule has 0 aliphatic carbocycles. The number of hydrogen-bond donors (Lipinski definition) is 0. The van der Waals surface area contributed by atoms with Crippen LogP contribution in [0.1, 0.15) is 17.3 Å². The first kappa shape index (κ1) is 17.0. The molecule has 5 nitrogen and oxygen atoms in total. The van der Waals surface area contributed by atoms with E-state index in [0.29, 0.717) is 18.7 Å². The van der Waals surface area contributed by atoms with Crippen LogP contribution in [0.3, 0.4) is 0 Å². The molecule has 1 atom stereocenters. The number of piperazine rings is 1. The van der Waals surface area contributed by atoms with E-state index in [1.807, 2.05) is 12.1 Å². The summed E-state index contributed by atoms with van der Waals surface area (Å²) in [5, 5.41) is 0. The summed E-state index contributed by atoms with van der Waals surface area (Å²) in [7, 11) is 1.59. The number of benzene rings is 2.